The molecule has 0 aliphatic carbocycles. The smallest absolute Gasteiger partial charge is 0.267 e. The molecule has 0 unspecified atom stereocenters. The van der Waals surface area contributed by atoms with Crippen LogP contribution in [-0.2, 0) is 17.9 Å². The normalized spacial score (nSPS) is 15.6. The molecule has 4 aromatic carbocycles. The van der Waals surface area contributed by atoms with Gasteiger partial charge in [0.2, 0.25) is 0 Å². The molecule has 1 amide bonds. The van der Waals surface area contributed by atoms with E-state index in [0.29, 0.717) is 28.2 Å². The van der Waals surface area contributed by atoms with Crippen LogP contribution >= 0.6 is 23.4 Å². The molecule has 1 heterocycles. The maximum atomic E-state index is 13.4. The maximum absolute atomic E-state index is 13.4. The summed E-state index contributed by atoms with van der Waals surface area (Å²) < 4.78 is 5.88. The average molecular weight is 511 g/mol. The zero-order chi connectivity index (χ0) is 24.7. The maximum Gasteiger partial charge on any atom is 0.267 e. The van der Waals surface area contributed by atoms with Gasteiger partial charge in [-0.3, -0.25) is 9.69 Å². The molecule has 0 spiro atoms. The highest BCUT2D eigenvalue weighted by molar-refractivity contribution is 8.18. The van der Waals surface area contributed by atoms with Crippen LogP contribution in [-0.4, -0.2) is 16.0 Å². The predicted octanol–water partition coefficient (Wildman–Crippen LogP) is 7.72. The SMILES string of the molecule is O=C1/C(=C\c2ccc(OCc3ccccc3Cl)cc2)SC(=Nc2ccccc2)N1Cc1ccccc1. The van der Waals surface area contributed by atoms with E-state index in [1.807, 2.05) is 115 Å². The van der Waals surface area contributed by atoms with Crippen molar-refractivity contribution in [2.24, 2.45) is 4.99 Å². The number of hydrogen-bond acceptors (Lipinski definition) is 4. The van der Waals surface area contributed by atoms with Crippen molar-refractivity contribution in [3.63, 3.8) is 0 Å². The molecule has 6 heteroatoms. The highest BCUT2D eigenvalue weighted by atomic mass is 35.5. The minimum Gasteiger partial charge on any atom is -0.489 e. The van der Waals surface area contributed by atoms with Crippen LogP contribution in [0.2, 0.25) is 5.02 Å². The Labute approximate surface area is 219 Å². The largest absolute Gasteiger partial charge is 0.489 e. The summed E-state index contributed by atoms with van der Waals surface area (Å²) in [5.41, 5.74) is 3.71. The van der Waals surface area contributed by atoms with Crippen LogP contribution in [0, 0.1) is 0 Å². The van der Waals surface area contributed by atoms with Gasteiger partial charge in [0.05, 0.1) is 17.1 Å². The summed E-state index contributed by atoms with van der Waals surface area (Å²) in [5, 5.41) is 1.35. The summed E-state index contributed by atoms with van der Waals surface area (Å²) in [6, 6.07) is 34.9. The van der Waals surface area contributed by atoms with E-state index in [1.54, 1.807) is 4.90 Å². The van der Waals surface area contributed by atoms with Crippen molar-refractivity contribution in [3.05, 3.63) is 136 Å². The second kappa shape index (κ2) is 11.3. The Morgan fingerprint density at radius 2 is 1.50 bits per heavy atom. The summed E-state index contributed by atoms with van der Waals surface area (Å²) in [7, 11) is 0. The Bertz CT molecular complexity index is 1400. The third kappa shape index (κ3) is 5.88. The van der Waals surface area contributed by atoms with E-state index >= 15 is 0 Å². The average Bonchev–Trinajstić information content (AvgIpc) is 3.19. The molecule has 36 heavy (non-hydrogen) atoms. The number of para-hydroxylation sites is 1. The highest BCUT2D eigenvalue weighted by Gasteiger charge is 2.33. The minimum atomic E-state index is -0.0578. The van der Waals surface area contributed by atoms with Crippen molar-refractivity contribution < 1.29 is 9.53 Å². The number of carbonyl (C=O) groups is 1. The highest BCUT2D eigenvalue weighted by Crippen LogP contribution is 2.35. The lowest BCUT2D eigenvalue weighted by molar-refractivity contribution is -0.122. The van der Waals surface area contributed by atoms with E-state index < -0.39 is 0 Å². The first-order chi connectivity index (χ1) is 17.7. The number of ether oxygens (including phenoxy) is 1. The van der Waals surface area contributed by atoms with Gasteiger partial charge in [0.15, 0.2) is 5.17 Å². The molecule has 0 aromatic heterocycles. The first kappa shape index (κ1) is 23.9. The van der Waals surface area contributed by atoms with Crippen LogP contribution in [0.5, 0.6) is 5.75 Å². The summed E-state index contributed by atoms with van der Waals surface area (Å²) in [4.78, 5) is 20.5. The van der Waals surface area contributed by atoms with E-state index in [0.717, 1.165) is 28.1 Å². The lowest BCUT2D eigenvalue weighted by Gasteiger charge is -2.15. The van der Waals surface area contributed by atoms with Crippen LogP contribution in [0.25, 0.3) is 6.08 Å². The molecule has 4 nitrogen and oxygen atoms in total. The molecule has 178 valence electrons. The van der Waals surface area contributed by atoms with E-state index in [4.69, 9.17) is 21.3 Å². The lowest BCUT2D eigenvalue weighted by atomic mass is 10.2. The number of halogens is 1. The fourth-order valence-corrected chi connectivity index (χ4v) is 4.89. The molecule has 4 aromatic rings. The Balaban J connectivity index is 1.35. The van der Waals surface area contributed by atoms with Crippen LogP contribution in [0.3, 0.4) is 0 Å². The van der Waals surface area contributed by atoms with Gasteiger partial charge in [-0.05, 0) is 59.3 Å². The third-order valence-corrected chi connectivity index (χ3v) is 6.96. The van der Waals surface area contributed by atoms with E-state index in [-0.39, 0.29) is 5.91 Å². The van der Waals surface area contributed by atoms with Gasteiger partial charge >= 0.3 is 0 Å². The number of nitrogens with zero attached hydrogens (tertiary/aromatic N) is 2. The van der Waals surface area contributed by atoms with Gasteiger partial charge in [0.25, 0.3) is 5.91 Å². The third-order valence-electron chi connectivity index (χ3n) is 5.58. The zero-order valence-corrected chi connectivity index (χ0v) is 21.0. The minimum absolute atomic E-state index is 0.0578. The topological polar surface area (TPSA) is 41.9 Å². The van der Waals surface area contributed by atoms with Crippen LogP contribution in [0.15, 0.2) is 119 Å². The van der Waals surface area contributed by atoms with Gasteiger partial charge in [-0.2, -0.15) is 0 Å². The lowest BCUT2D eigenvalue weighted by Crippen LogP contribution is -2.28. The first-order valence-corrected chi connectivity index (χ1v) is 12.7. The number of rotatable bonds is 7. The fraction of sp³-hybridized carbons (Fsp3) is 0.0667. The molecule has 0 radical (unpaired) electrons. The molecule has 0 N–H and O–H groups in total. The van der Waals surface area contributed by atoms with Crippen molar-refractivity contribution >= 4 is 46.2 Å². The molecule has 1 fully saturated rings. The molecule has 0 atom stereocenters. The van der Waals surface area contributed by atoms with Gasteiger partial charge in [0, 0.05) is 10.6 Å². The number of hydrogen-bond donors (Lipinski definition) is 0. The van der Waals surface area contributed by atoms with Crippen molar-refractivity contribution in [2.75, 3.05) is 0 Å². The van der Waals surface area contributed by atoms with Crippen molar-refractivity contribution in [1.82, 2.24) is 4.90 Å². The van der Waals surface area contributed by atoms with Crippen molar-refractivity contribution in [2.45, 2.75) is 13.2 Å². The van der Waals surface area contributed by atoms with E-state index in [1.165, 1.54) is 11.8 Å². The first-order valence-electron chi connectivity index (χ1n) is 11.5. The second-order valence-electron chi connectivity index (χ2n) is 8.17. The van der Waals surface area contributed by atoms with Gasteiger partial charge in [-0.15, -0.1) is 0 Å². The van der Waals surface area contributed by atoms with Crippen LogP contribution in [0.1, 0.15) is 16.7 Å². The fourth-order valence-electron chi connectivity index (χ4n) is 3.70. The number of aliphatic imine (C=N–C) groups is 1. The van der Waals surface area contributed by atoms with Crippen molar-refractivity contribution in [3.8, 4) is 5.75 Å². The summed E-state index contributed by atoms with van der Waals surface area (Å²) in [6.45, 7) is 0.854. The number of amides is 1. The molecule has 0 saturated carbocycles. The number of amidine groups is 1. The van der Waals surface area contributed by atoms with Crippen LogP contribution in [0.4, 0.5) is 5.69 Å². The molecular weight excluding hydrogens is 488 g/mol. The molecule has 1 saturated heterocycles. The number of carbonyl (C=O) groups excluding carboxylic acids is 1. The van der Waals surface area contributed by atoms with E-state index in [9.17, 15) is 4.79 Å². The van der Waals surface area contributed by atoms with E-state index in [2.05, 4.69) is 0 Å². The molecule has 1 aliphatic heterocycles. The van der Waals surface area contributed by atoms with Crippen LogP contribution < -0.4 is 4.74 Å². The molecular formula is C30H23ClN2O2S. The number of thioether (sulfide) groups is 1. The second-order valence-corrected chi connectivity index (χ2v) is 9.58. The standard InChI is InChI=1S/C30H23ClN2O2S/c31-27-14-8-7-11-24(27)21-35-26-17-15-22(16-18-26)19-28-29(34)33(20-23-9-3-1-4-10-23)30(36-28)32-25-12-5-2-6-13-25/h1-19H,20-21H2/b28-19+,32-30?. The predicted molar refractivity (Wildman–Crippen MR) is 148 cm³/mol. The summed E-state index contributed by atoms with van der Waals surface area (Å²) >= 11 is 7.61. The van der Waals surface area contributed by atoms with Gasteiger partial charge in [-0.25, -0.2) is 4.99 Å². The monoisotopic (exact) mass is 510 g/mol. The Hall–Kier alpha value is -3.80. The Kier molecular flexibility index (Phi) is 7.50. The van der Waals surface area contributed by atoms with Gasteiger partial charge in [-0.1, -0.05) is 90.5 Å². The molecule has 1 aliphatic rings. The summed E-state index contributed by atoms with van der Waals surface area (Å²) in [5.74, 6) is 0.678. The number of benzene rings is 4. The molecule has 0 bridgehead atoms. The molecule has 5 rings (SSSR count). The Morgan fingerprint density at radius 3 is 2.22 bits per heavy atom. The van der Waals surface area contributed by atoms with Gasteiger partial charge in [0.1, 0.15) is 12.4 Å². The van der Waals surface area contributed by atoms with Gasteiger partial charge < -0.3 is 4.74 Å². The Morgan fingerprint density at radius 1 is 0.833 bits per heavy atom. The van der Waals surface area contributed by atoms with Crippen molar-refractivity contribution in [1.29, 1.82) is 0 Å². The summed E-state index contributed by atoms with van der Waals surface area (Å²) in [6.07, 6.45) is 1.90. The zero-order valence-electron chi connectivity index (χ0n) is 19.4. The quantitative estimate of drug-likeness (QED) is 0.239.